The highest BCUT2D eigenvalue weighted by Crippen LogP contribution is 2.42. The van der Waals surface area contributed by atoms with E-state index < -0.39 is 5.97 Å². The van der Waals surface area contributed by atoms with Crippen LogP contribution in [0.15, 0.2) is 107 Å². The molecule has 1 heterocycles. The lowest BCUT2D eigenvalue weighted by molar-refractivity contribution is 0.0697. The summed E-state index contributed by atoms with van der Waals surface area (Å²) in [6.45, 7) is 0. The van der Waals surface area contributed by atoms with Crippen molar-refractivity contribution in [2.24, 2.45) is 10.2 Å². The number of hydrogen-bond donors (Lipinski definition) is 3. The van der Waals surface area contributed by atoms with Gasteiger partial charge >= 0.3 is 5.97 Å². The van der Waals surface area contributed by atoms with Gasteiger partial charge in [0.25, 0.3) is 0 Å². The molecule has 0 fully saturated rings. The molecule has 7 nitrogen and oxygen atoms in total. The molecule has 3 N–H and O–H groups in total. The third-order valence-corrected chi connectivity index (χ3v) is 5.77. The summed E-state index contributed by atoms with van der Waals surface area (Å²) in [5.74, 6) is -1.22. The molecule has 4 aromatic carbocycles. The number of carboxylic acids is 1. The monoisotopic (exact) mass is 463 g/mol. The minimum atomic E-state index is -1.06. The Morgan fingerprint density at radius 3 is 2.34 bits per heavy atom. The molecule has 0 bridgehead atoms. The lowest BCUT2D eigenvalue weighted by atomic mass is 10.0. The standard InChI is InChI=1S/C28H21N3O4/c32-26-19(16-18-8-2-1-3-9-18)10-7-14-23(26)29-30-25-22-13-4-5-15-24(22)31(27(25)33)21-12-6-11-20(17-21)28(34)35/h1-15,17,32-33H,16H2,(H,34,35). The predicted molar refractivity (Wildman–Crippen MR) is 133 cm³/mol. The molecule has 0 radical (unpaired) electrons. The maximum Gasteiger partial charge on any atom is 0.335 e. The van der Waals surface area contributed by atoms with E-state index in [2.05, 4.69) is 10.2 Å². The minimum Gasteiger partial charge on any atom is -0.505 e. The summed E-state index contributed by atoms with van der Waals surface area (Å²) in [4.78, 5) is 11.4. The van der Waals surface area contributed by atoms with Gasteiger partial charge < -0.3 is 15.3 Å². The maximum atomic E-state index is 11.4. The Labute approximate surface area is 200 Å². The van der Waals surface area contributed by atoms with Crippen molar-refractivity contribution in [3.05, 3.63) is 114 Å². The maximum absolute atomic E-state index is 11.4. The zero-order valence-electron chi connectivity index (χ0n) is 18.5. The first-order chi connectivity index (χ1) is 17.0. The van der Waals surface area contributed by atoms with Crippen molar-refractivity contribution in [3.63, 3.8) is 0 Å². The Morgan fingerprint density at radius 1 is 0.800 bits per heavy atom. The van der Waals surface area contributed by atoms with Crippen LogP contribution in [0.5, 0.6) is 11.6 Å². The van der Waals surface area contributed by atoms with E-state index in [0.29, 0.717) is 28.6 Å². The smallest absolute Gasteiger partial charge is 0.335 e. The SMILES string of the molecule is O=C(O)c1cccc(-n2c(O)c(N=Nc3cccc(Cc4ccccc4)c3O)c3ccccc32)c1. The second-order valence-electron chi connectivity index (χ2n) is 8.03. The Hall–Kier alpha value is -4.91. The number of aromatic carboxylic acids is 1. The number of carboxylic acid groups (broad SMARTS) is 1. The van der Waals surface area contributed by atoms with E-state index in [1.54, 1.807) is 36.4 Å². The van der Waals surface area contributed by atoms with Crippen LogP contribution in [0.1, 0.15) is 21.5 Å². The number of azo groups is 1. The topological polar surface area (TPSA) is 107 Å². The van der Waals surface area contributed by atoms with Crippen LogP contribution in [0.4, 0.5) is 11.4 Å². The van der Waals surface area contributed by atoms with Crippen molar-refractivity contribution < 1.29 is 20.1 Å². The second kappa shape index (κ2) is 9.15. The van der Waals surface area contributed by atoms with Gasteiger partial charge in [0, 0.05) is 23.1 Å². The molecule has 0 aliphatic carbocycles. The Balaban J connectivity index is 1.56. The number of hydrogen-bond acceptors (Lipinski definition) is 5. The molecule has 0 saturated carbocycles. The van der Waals surface area contributed by atoms with Crippen LogP contribution >= 0.6 is 0 Å². The van der Waals surface area contributed by atoms with Crippen molar-refractivity contribution in [1.29, 1.82) is 0 Å². The van der Waals surface area contributed by atoms with Gasteiger partial charge in [0.1, 0.15) is 11.4 Å². The first-order valence-electron chi connectivity index (χ1n) is 11.0. The number of aromatic hydroxyl groups is 2. The summed E-state index contributed by atoms with van der Waals surface area (Å²) >= 11 is 0. The average molecular weight is 463 g/mol. The third kappa shape index (κ3) is 4.22. The molecule has 0 saturated heterocycles. The van der Waals surface area contributed by atoms with E-state index in [0.717, 1.165) is 5.56 Å². The number of benzene rings is 4. The van der Waals surface area contributed by atoms with Gasteiger partial charge in [-0.2, -0.15) is 0 Å². The number of aromatic nitrogens is 1. The molecule has 7 heteroatoms. The first-order valence-corrected chi connectivity index (χ1v) is 11.0. The van der Waals surface area contributed by atoms with Crippen LogP contribution in [0.25, 0.3) is 16.6 Å². The summed E-state index contributed by atoms with van der Waals surface area (Å²) in [7, 11) is 0. The molecule has 0 aliphatic rings. The van der Waals surface area contributed by atoms with Crippen LogP contribution in [-0.4, -0.2) is 25.9 Å². The Morgan fingerprint density at radius 2 is 1.54 bits per heavy atom. The first kappa shape index (κ1) is 21.9. The number of phenols is 1. The third-order valence-electron chi connectivity index (χ3n) is 5.77. The van der Waals surface area contributed by atoms with Gasteiger partial charge in [0.05, 0.1) is 11.1 Å². The van der Waals surface area contributed by atoms with Gasteiger partial charge in [0.15, 0.2) is 5.69 Å². The summed E-state index contributed by atoms with van der Waals surface area (Å²) < 4.78 is 1.53. The average Bonchev–Trinajstić information content (AvgIpc) is 3.16. The van der Waals surface area contributed by atoms with E-state index in [4.69, 9.17) is 0 Å². The van der Waals surface area contributed by atoms with Crippen LogP contribution < -0.4 is 0 Å². The Bertz CT molecular complexity index is 1570. The molecule has 0 amide bonds. The fourth-order valence-corrected chi connectivity index (χ4v) is 4.07. The van der Waals surface area contributed by atoms with Gasteiger partial charge in [-0.15, -0.1) is 10.2 Å². The summed E-state index contributed by atoms with van der Waals surface area (Å²) in [6, 6.07) is 28.6. The zero-order chi connectivity index (χ0) is 24.4. The highest BCUT2D eigenvalue weighted by Gasteiger charge is 2.19. The molecule has 0 atom stereocenters. The molecular weight excluding hydrogens is 442 g/mol. The van der Waals surface area contributed by atoms with Crippen molar-refractivity contribution in [3.8, 4) is 17.3 Å². The van der Waals surface area contributed by atoms with E-state index in [9.17, 15) is 20.1 Å². The highest BCUT2D eigenvalue weighted by atomic mass is 16.4. The van der Waals surface area contributed by atoms with Crippen LogP contribution in [0.2, 0.25) is 0 Å². The molecule has 5 rings (SSSR count). The van der Waals surface area contributed by atoms with Crippen molar-refractivity contribution in [2.75, 3.05) is 0 Å². The summed E-state index contributed by atoms with van der Waals surface area (Å²) in [6.07, 6.45) is 0.542. The number of phenolic OH excluding ortho intramolecular Hbond substituents is 1. The largest absolute Gasteiger partial charge is 0.505 e. The van der Waals surface area contributed by atoms with Gasteiger partial charge in [-0.25, -0.2) is 4.79 Å². The van der Waals surface area contributed by atoms with E-state index in [1.807, 2.05) is 48.5 Å². The van der Waals surface area contributed by atoms with Gasteiger partial charge in [-0.1, -0.05) is 66.7 Å². The van der Waals surface area contributed by atoms with Gasteiger partial charge in [-0.3, -0.25) is 4.57 Å². The lowest BCUT2D eigenvalue weighted by Crippen LogP contribution is -1.99. The summed E-state index contributed by atoms with van der Waals surface area (Å²) in [5, 5.41) is 40.4. The molecule has 35 heavy (non-hydrogen) atoms. The number of para-hydroxylation sites is 2. The minimum absolute atomic E-state index is 0.0255. The lowest BCUT2D eigenvalue weighted by Gasteiger charge is -2.08. The van der Waals surface area contributed by atoms with E-state index in [-0.39, 0.29) is 28.6 Å². The van der Waals surface area contributed by atoms with Gasteiger partial charge in [0.2, 0.25) is 5.88 Å². The Kier molecular flexibility index (Phi) is 5.73. The zero-order valence-corrected chi connectivity index (χ0v) is 18.5. The van der Waals surface area contributed by atoms with Gasteiger partial charge in [-0.05, 0) is 35.9 Å². The molecule has 0 aliphatic heterocycles. The van der Waals surface area contributed by atoms with Crippen LogP contribution in [0.3, 0.4) is 0 Å². The number of fused-ring (bicyclic) bond motifs is 1. The van der Waals surface area contributed by atoms with Crippen molar-refractivity contribution in [2.45, 2.75) is 6.42 Å². The molecule has 1 aromatic heterocycles. The second-order valence-corrected chi connectivity index (χ2v) is 8.03. The van der Waals surface area contributed by atoms with Crippen LogP contribution in [-0.2, 0) is 6.42 Å². The molecule has 172 valence electrons. The number of carbonyl (C=O) groups is 1. The molecule has 5 aromatic rings. The van der Waals surface area contributed by atoms with Crippen LogP contribution in [0, 0.1) is 0 Å². The fourth-order valence-electron chi connectivity index (χ4n) is 4.07. The van der Waals surface area contributed by atoms with E-state index >= 15 is 0 Å². The van der Waals surface area contributed by atoms with E-state index in [1.165, 1.54) is 16.7 Å². The predicted octanol–water partition coefficient (Wildman–Crippen LogP) is 6.75. The molecular formula is C28H21N3O4. The normalized spacial score (nSPS) is 11.3. The summed E-state index contributed by atoms with van der Waals surface area (Å²) in [5.41, 5.74) is 3.49. The molecule has 0 unspecified atom stereocenters. The fraction of sp³-hybridized carbons (Fsp3) is 0.0357. The van der Waals surface area contributed by atoms with Crippen molar-refractivity contribution >= 4 is 28.2 Å². The molecule has 0 spiro atoms. The number of nitrogens with zero attached hydrogens (tertiary/aromatic N) is 3. The number of rotatable bonds is 6. The van der Waals surface area contributed by atoms with Crippen molar-refractivity contribution in [1.82, 2.24) is 4.57 Å². The highest BCUT2D eigenvalue weighted by molar-refractivity contribution is 5.97. The quantitative estimate of drug-likeness (QED) is 0.242.